The third-order valence-electron chi connectivity index (χ3n) is 4.64. The molecule has 1 aromatic carbocycles. The molecule has 1 aliphatic rings. The molecule has 6 heteroatoms. The molecular formula is C22H28N4O2. The molecule has 0 radical (unpaired) electrons. The molecule has 6 nitrogen and oxygen atoms in total. The van der Waals surface area contributed by atoms with E-state index in [0.29, 0.717) is 29.7 Å². The first kappa shape index (κ1) is 19.9. The molecule has 0 bridgehead atoms. The van der Waals surface area contributed by atoms with Gasteiger partial charge in [0.25, 0.3) is 5.88 Å². The summed E-state index contributed by atoms with van der Waals surface area (Å²) in [6.45, 7) is 10.4. The van der Waals surface area contributed by atoms with Gasteiger partial charge in [0.05, 0.1) is 24.1 Å². The van der Waals surface area contributed by atoms with Crippen LogP contribution in [0.2, 0.25) is 0 Å². The maximum absolute atomic E-state index is 9.18. The molecule has 148 valence electrons. The number of anilines is 1. The Bertz CT molecular complexity index is 846. The highest BCUT2D eigenvalue weighted by atomic mass is 16.5. The maximum Gasteiger partial charge on any atom is 0.258 e. The first-order chi connectivity index (χ1) is 13.4. The highest BCUT2D eigenvalue weighted by molar-refractivity contribution is 5.49. The Morgan fingerprint density at radius 3 is 2.61 bits per heavy atom. The van der Waals surface area contributed by atoms with E-state index in [1.165, 1.54) is 0 Å². The molecule has 2 heterocycles. The van der Waals surface area contributed by atoms with Gasteiger partial charge in [-0.15, -0.1) is 0 Å². The molecule has 0 unspecified atom stereocenters. The number of benzene rings is 1. The third-order valence-corrected chi connectivity index (χ3v) is 4.64. The quantitative estimate of drug-likeness (QED) is 0.777. The van der Waals surface area contributed by atoms with Gasteiger partial charge in [-0.05, 0) is 58.6 Å². The van der Waals surface area contributed by atoms with E-state index in [9.17, 15) is 5.26 Å². The second-order valence-corrected chi connectivity index (χ2v) is 8.20. The van der Waals surface area contributed by atoms with Gasteiger partial charge in [-0.2, -0.15) is 5.26 Å². The molecule has 3 rings (SSSR count). The fourth-order valence-electron chi connectivity index (χ4n) is 3.23. The SMILES string of the molecule is Cc1cnc(OC(C)(C)C)c(N2CCC(COc3ccccc3C#N)CC2)n1. The summed E-state index contributed by atoms with van der Waals surface area (Å²) in [7, 11) is 0. The zero-order valence-corrected chi connectivity index (χ0v) is 17.1. The van der Waals surface area contributed by atoms with E-state index in [4.69, 9.17) is 14.5 Å². The van der Waals surface area contributed by atoms with Crippen molar-refractivity contribution in [1.82, 2.24) is 9.97 Å². The van der Waals surface area contributed by atoms with Crippen LogP contribution < -0.4 is 14.4 Å². The van der Waals surface area contributed by atoms with E-state index in [1.54, 1.807) is 12.3 Å². The third kappa shape index (κ3) is 5.13. The molecule has 0 aliphatic carbocycles. The molecule has 0 amide bonds. The lowest BCUT2D eigenvalue weighted by Gasteiger charge is -2.34. The Kier molecular flexibility index (Phi) is 6.03. The number of rotatable bonds is 5. The molecule has 0 atom stereocenters. The summed E-state index contributed by atoms with van der Waals surface area (Å²) in [6.07, 6.45) is 3.75. The van der Waals surface area contributed by atoms with E-state index >= 15 is 0 Å². The van der Waals surface area contributed by atoms with Gasteiger partial charge in [0.1, 0.15) is 17.4 Å². The van der Waals surface area contributed by atoms with Gasteiger partial charge >= 0.3 is 0 Å². The van der Waals surface area contributed by atoms with Crippen LogP contribution in [0.3, 0.4) is 0 Å². The van der Waals surface area contributed by atoms with Gasteiger partial charge in [-0.25, -0.2) is 9.97 Å². The zero-order chi connectivity index (χ0) is 20.1. The zero-order valence-electron chi connectivity index (χ0n) is 17.1. The van der Waals surface area contributed by atoms with Gasteiger partial charge in [-0.3, -0.25) is 0 Å². The summed E-state index contributed by atoms with van der Waals surface area (Å²) >= 11 is 0. The number of nitriles is 1. The van der Waals surface area contributed by atoms with Gasteiger partial charge in [0, 0.05) is 13.1 Å². The summed E-state index contributed by atoms with van der Waals surface area (Å²) < 4.78 is 12.0. The molecule has 0 N–H and O–H groups in total. The van der Waals surface area contributed by atoms with E-state index < -0.39 is 0 Å². The second-order valence-electron chi connectivity index (χ2n) is 8.20. The predicted molar refractivity (Wildman–Crippen MR) is 109 cm³/mol. The molecule has 1 saturated heterocycles. The first-order valence-electron chi connectivity index (χ1n) is 9.75. The lowest BCUT2D eigenvalue weighted by molar-refractivity contribution is 0.123. The van der Waals surface area contributed by atoms with Crippen LogP contribution in [0.15, 0.2) is 30.5 Å². The predicted octanol–water partition coefficient (Wildman–Crippen LogP) is 4.13. The number of ether oxygens (including phenoxy) is 2. The van der Waals surface area contributed by atoms with Crippen LogP contribution in [0.25, 0.3) is 0 Å². The van der Waals surface area contributed by atoms with Crippen molar-refractivity contribution in [3.8, 4) is 17.7 Å². The average Bonchev–Trinajstić information content (AvgIpc) is 2.67. The van der Waals surface area contributed by atoms with Crippen molar-refractivity contribution in [3.05, 3.63) is 41.7 Å². The van der Waals surface area contributed by atoms with E-state index in [0.717, 1.165) is 37.4 Å². The molecule has 0 spiro atoms. The normalized spacial score (nSPS) is 15.2. The summed E-state index contributed by atoms with van der Waals surface area (Å²) in [5, 5.41) is 9.18. The summed E-state index contributed by atoms with van der Waals surface area (Å²) in [5.74, 6) is 2.53. The number of aryl methyl sites for hydroxylation is 1. The minimum absolute atomic E-state index is 0.320. The topological polar surface area (TPSA) is 71.3 Å². The van der Waals surface area contributed by atoms with Crippen molar-refractivity contribution in [2.75, 3.05) is 24.6 Å². The number of piperidine rings is 1. The average molecular weight is 380 g/mol. The lowest BCUT2D eigenvalue weighted by Crippen LogP contribution is -2.37. The standard InChI is InChI=1S/C22H28N4O2/c1-16-14-24-21(28-22(2,3)4)20(25-16)26-11-9-17(10-12-26)15-27-19-8-6-5-7-18(19)13-23/h5-8,14,17H,9-12,15H2,1-4H3. The van der Waals surface area contributed by atoms with E-state index in [1.807, 2.05) is 45.9 Å². The van der Waals surface area contributed by atoms with Crippen LogP contribution in [-0.2, 0) is 0 Å². The molecule has 28 heavy (non-hydrogen) atoms. The smallest absolute Gasteiger partial charge is 0.258 e. The van der Waals surface area contributed by atoms with Gasteiger partial charge in [0.2, 0.25) is 0 Å². The minimum atomic E-state index is -0.320. The van der Waals surface area contributed by atoms with Crippen LogP contribution in [-0.4, -0.2) is 35.3 Å². The number of hydrogen-bond acceptors (Lipinski definition) is 6. The lowest BCUT2D eigenvalue weighted by atomic mass is 9.98. The van der Waals surface area contributed by atoms with Crippen molar-refractivity contribution in [1.29, 1.82) is 5.26 Å². The van der Waals surface area contributed by atoms with Gasteiger partial charge in [0.15, 0.2) is 5.82 Å². The monoisotopic (exact) mass is 380 g/mol. The largest absolute Gasteiger partial charge is 0.492 e. The molecule has 0 saturated carbocycles. The Balaban J connectivity index is 1.61. The van der Waals surface area contributed by atoms with E-state index in [2.05, 4.69) is 16.0 Å². The van der Waals surface area contributed by atoms with Crippen LogP contribution in [0.1, 0.15) is 44.9 Å². The fourth-order valence-corrected chi connectivity index (χ4v) is 3.23. The molecule has 1 aromatic heterocycles. The Labute approximate surface area is 167 Å². The molecule has 1 fully saturated rings. The van der Waals surface area contributed by atoms with Gasteiger partial charge in [-0.1, -0.05) is 12.1 Å². The Morgan fingerprint density at radius 1 is 1.21 bits per heavy atom. The highest BCUT2D eigenvalue weighted by Gasteiger charge is 2.26. The number of para-hydroxylation sites is 1. The second kappa shape index (κ2) is 8.47. The van der Waals surface area contributed by atoms with Crippen LogP contribution >= 0.6 is 0 Å². The molecular weight excluding hydrogens is 352 g/mol. The summed E-state index contributed by atoms with van der Waals surface area (Å²) in [4.78, 5) is 11.4. The number of hydrogen-bond donors (Lipinski definition) is 0. The van der Waals surface area contributed by atoms with Crippen molar-refractivity contribution < 1.29 is 9.47 Å². The van der Waals surface area contributed by atoms with Crippen LogP contribution in [0, 0.1) is 24.2 Å². The highest BCUT2D eigenvalue weighted by Crippen LogP contribution is 2.31. The summed E-state index contributed by atoms with van der Waals surface area (Å²) in [6, 6.07) is 9.56. The molecule has 2 aromatic rings. The molecule has 1 aliphatic heterocycles. The van der Waals surface area contributed by atoms with Crippen LogP contribution in [0.4, 0.5) is 5.82 Å². The van der Waals surface area contributed by atoms with Crippen molar-refractivity contribution in [2.24, 2.45) is 5.92 Å². The van der Waals surface area contributed by atoms with E-state index in [-0.39, 0.29) is 5.60 Å². The Hall–Kier alpha value is -2.81. The number of nitrogens with zero attached hydrogens (tertiary/aromatic N) is 4. The Morgan fingerprint density at radius 2 is 1.93 bits per heavy atom. The minimum Gasteiger partial charge on any atom is -0.492 e. The number of aromatic nitrogens is 2. The maximum atomic E-state index is 9.18. The van der Waals surface area contributed by atoms with Crippen LogP contribution in [0.5, 0.6) is 11.6 Å². The summed E-state index contributed by atoms with van der Waals surface area (Å²) in [5.41, 5.74) is 1.15. The van der Waals surface area contributed by atoms with Crippen molar-refractivity contribution in [2.45, 2.75) is 46.1 Å². The fraction of sp³-hybridized carbons (Fsp3) is 0.500. The van der Waals surface area contributed by atoms with Crippen molar-refractivity contribution in [3.63, 3.8) is 0 Å². The first-order valence-corrected chi connectivity index (χ1v) is 9.75. The van der Waals surface area contributed by atoms with Crippen molar-refractivity contribution >= 4 is 5.82 Å². The van der Waals surface area contributed by atoms with Gasteiger partial charge < -0.3 is 14.4 Å².